The smallest absolute Gasteiger partial charge is 0.261 e. The Kier molecular flexibility index (Phi) is 5.98. The van der Waals surface area contributed by atoms with E-state index < -0.39 is 6.10 Å². The van der Waals surface area contributed by atoms with E-state index in [1.54, 1.807) is 36.1 Å². The Morgan fingerprint density at radius 3 is 2.45 bits per heavy atom. The number of hydrogen-bond donors (Lipinski definition) is 1. The molecule has 0 radical (unpaired) electrons. The van der Waals surface area contributed by atoms with Crippen molar-refractivity contribution in [1.29, 1.82) is 0 Å². The van der Waals surface area contributed by atoms with Gasteiger partial charge in [-0.05, 0) is 65.7 Å². The maximum absolute atomic E-state index is 12.9. The summed E-state index contributed by atoms with van der Waals surface area (Å²) < 4.78 is 7.39. The first-order valence-electron chi connectivity index (χ1n) is 9.87. The van der Waals surface area contributed by atoms with Crippen molar-refractivity contribution in [1.82, 2.24) is 30.5 Å². The number of benzene rings is 2. The molecule has 8 heteroatoms. The first-order chi connectivity index (χ1) is 15.1. The minimum Gasteiger partial charge on any atom is -0.481 e. The molecule has 4 rings (SSSR count). The summed E-state index contributed by atoms with van der Waals surface area (Å²) in [6.07, 6.45) is 4.29. The molecule has 0 spiro atoms. The maximum atomic E-state index is 12.9. The van der Waals surface area contributed by atoms with Gasteiger partial charge in [0, 0.05) is 12.4 Å². The molecule has 2 aromatic carbocycles. The Balaban J connectivity index is 1.47. The van der Waals surface area contributed by atoms with Crippen molar-refractivity contribution in [2.24, 2.45) is 0 Å². The van der Waals surface area contributed by atoms with Crippen LogP contribution in [0.3, 0.4) is 0 Å². The van der Waals surface area contributed by atoms with Crippen molar-refractivity contribution in [2.75, 3.05) is 0 Å². The predicted octanol–water partition coefficient (Wildman–Crippen LogP) is 3.04. The molecular formula is C23H22N6O2. The van der Waals surface area contributed by atoms with Crippen LogP contribution in [-0.4, -0.2) is 37.2 Å². The number of hydrogen-bond acceptors (Lipinski definition) is 6. The number of nitrogens with zero attached hydrogens (tertiary/aromatic N) is 5. The Hall–Kier alpha value is -4.07. The van der Waals surface area contributed by atoms with Crippen LogP contribution in [0.4, 0.5) is 0 Å². The third-order valence-electron chi connectivity index (χ3n) is 4.85. The summed E-state index contributed by atoms with van der Waals surface area (Å²) in [5, 5.41) is 14.2. The molecule has 0 fully saturated rings. The van der Waals surface area contributed by atoms with Gasteiger partial charge in [-0.25, -0.2) is 4.68 Å². The number of nitrogens with one attached hydrogen (secondary N) is 1. The molecule has 2 atom stereocenters. The van der Waals surface area contributed by atoms with Crippen LogP contribution >= 0.6 is 0 Å². The van der Waals surface area contributed by atoms with E-state index in [-0.39, 0.29) is 11.9 Å². The van der Waals surface area contributed by atoms with Gasteiger partial charge in [0.05, 0.1) is 11.7 Å². The molecule has 0 saturated carbocycles. The molecule has 1 N–H and O–H groups in total. The third kappa shape index (κ3) is 4.92. The minimum absolute atomic E-state index is 0.223. The van der Waals surface area contributed by atoms with Crippen LogP contribution in [0.15, 0.2) is 79.4 Å². The minimum atomic E-state index is -0.691. The van der Waals surface area contributed by atoms with Gasteiger partial charge in [0.2, 0.25) is 0 Å². The van der Waals surface area contributed by atoms with Crippen molar-refractivity contribution in [3.05, 3.63) is 96.1 Å². The molecule has 0 bridgehead atoms. The van der Waals surface area contributed by atoms with E-state index in [0.29, 0.717) is 5.75 Å². The standard InChI is InChI=1S/C23H22N6O2/c1-16-5-7-18(8-6-16)22(19-4-3-13-24-14-19)26-23(30)17(2)31-21-11-9-20(10-12-21)29-15-25-27-28-29/h3-15,17,22H,1-2H3,(H,26,30). The van der Waals surface area contributed by atoms with Crippen molar-refractivity contribution in [3.63, 3.8) is 0 Å². The molecule has 0 aliphatic rings. The van der Waals surface area contributed by atoms with Crippen molar-refractivity contribution >= 4 is 5.91 Å². The van der Waals surface area contributed by atoms with Gasteiger partial charge in [0.15, 0.2) is 6.10 Å². The van der Waals surface area contributed by atoms with Gasteiger partial charge >= 0.3 is 0 Å². The van der Waals surface area contributed by atoms with E-state index in [9.17, 15) is 4.79 Å². The van der Waals surface area contributed by atoms with Gasteiger partial charge in [0.1, 0.15) is 12.1 Å². The Morgan fingerprint density at radius 1 is 1.03 bits per heavy atom. The number of carbonyl (C=O) groups excluding carboxylic acids is 1. The predicted molar refractivity (Wildman–Crippen MR) is 115 cm³/mol. The summed E-state index contributed by atoms with van der Waals surface area (Å²) in [6, 6.07) is 18.7. The average Bonchev–Trinajstić information content (AvgIpc) is 3.34. The highest BCUT2D eigenvalue weighted by Gasteiger charge is 2.22. The molecule has 0 aliphatic carbocycles. The maximum Gasteiger partial charge on any atom is 0.261 e. The van der Waals surface area contributed by atoms with E-state index in [0.717, 1.165) is 22.4 Å². The number of tetrazole rings is 1. The van der Waals surface area contributed by atoms with Gasteiger partial charge in [0.25, 0.3) is 5.91 Å². The topological polar surface area (TPSA) is 94.8 Å². The van der Waals surface area contributed by atoms with Crippen molar-refractivity contribution < 1.29 is 9.53 Å². The summed E-state index contributed by atoms with van der Waals surface area (Å²) in [5.41, 5.74) is 3.83. The lowest BCUT2D eigenvalue weighted by Crippen LogP contribution is -2.39. The fourth-order valence-corrected chi connectivity index (χ4v) is 3.14. The summed E-state index contributed by atoms with van der Waals surface area (Å²) in [6.45, 7) is 3.75. The van der Waals surface area contributed by atoms with Crippen LogP contribution in [0.25, 0.3) is 5.69 Å². The van der Waals surface area contributed by atoms with E-state index in [1.807, 2.05) is 55.5 Å². The largest absolute Gasteiger partial charge is 0.481 e. The van der Waals surface area contributed by atoms with E-state index >= 15 is 0 Å². The number of aryl methyl sites for hydroxylation is 1. The van der Waals surface area contributed by atoms with E-state index in [2.05, 4.69) is 25.8 Å². The van der Waals surface area contributed by atoms with Gasteiger partial charge in [-0.3, -0.25) is 9.78 Å². The number of ether oxygens (including phenoxy) is 1. The summed E-state index contributed by atoms with van der Waals surface area (Å²) >= 11 is 0. The van der Waals surface area contributed by atoms with Crippen LogP contribution in [0.2, 0.25) is 0 Å². The lowest BCUT2D eigenvalue weighted by Gasteiger charge is -2.22. The Morgan fingerprint density at radius 2 is 1.81 bits per heavy atom. The third-order valence-corrected chi connectivity index (χ3v) is 4.85. The van der Waals surface area contributed by atoms with Crippen molar-refractivity contribution in [2.45, 2.75) is 26.0 Å². The Labute approximate surface area is 179 Å². The zero-order chi connectivity index (χ0) is 21.6. The molecule has 2 aromatic heterocycles. The second kappa shape index (κ2) is 9.17. The van der Waals surface area contributed by atoms with Crippen LogP contribution in [-0.2, 0) is 4.79 Å². The average molecular weight is 414 g/mol. The molecular weight excluding hydrogens is 392 g/mol. The first-order valence-corrected chi connectivity index (χ1v) is 9.87. The Bertz CT molecular complexity index is 1110. The van der Waals surface area contributed by atoms with Gasteiger partial charge in [-0.15, -0.1) is 5.10 Å². The van der Waals surface area contributed by atoms with Crippen LogP contribution in [0.5, 0.6) is 5.75 Å². The number of aromatic nitrogens is 5. The summed E-state index contributed by atoms with van der Waals surface area (Å²) in [7, 11) is 0. The van der Waals surface area contributed by atoms with Crippen LogP contribution in [0.1, 0.15) is 29.7 Å². The molecule has 8 nitrogen and oxygen atoms in total. The second-order valence-electron chi connectivity index (χ2n) is 7.15. The fourth-order valence-electron chi connectivity index (χ4n) is 3.14. The number of rotatable bonds is 7. The molecule has 1 amide bonds. The highest BCUT2D eigenvalue weighted by Crippen LogP contribution is 2.23. The number of carbonyl (C=O) groups is 1. The van der Waals surface area contributed by atoms with Crippen LogP contribution in [0, 0.1) is 6.92 Å². The van der Waals surface area contributed by atoms with Gasteiger partial charge in [-0.2, -0.15) is 0 Å². The van der Waals surface area contributed by atoms with Gasteiger partial charge < -0.3 is 10.1 Å². The monoisotopic (exact) mass is 414 g/mol. The normalized spacial score (nSPS) is 12.7. The lowest BCUT2D eigenvalue weighted by atomic mass is 9.99. The van der Waals surface area contributed by atoms with E-state index in [1.165, 1.54) is 6.33 Å². The van der Waals surface area contributed by atoms with Gasteiger partial charge in [-0.1, -0.05) is 35.9 Å². The first kappa shape index (κ1) is 20.2. The number of amides is 1. The molecule has 4 aromatic rings. The fraction of sp³-hybridized carbons (Fsp3) is 0.174. The highest BCUT2D eigenvalue weighted by atomic mass is 16.5. The molecule has 2 unspecified atom stereocenters. The molecule has 31 heavy (non-hydrogen) atoms. The zero-order valence-electron chi connectivity index (χ0n) is 17.2. The van der Waals surface area contributed by atoms with Crippen molar-refractivity contribution in [3.8, 4) is 11.4 Å². The highest BCUT2D eigenvalue weighted by molar-refractivity contribution is 5.81. The molecule has 0 aliphatic heterocycles. The second-order valence-corrected chi connectivity index (χ2v) is 7.15. The van der Waals surface area contributed by atoms with Crippen LogP contribution < -0.4 is 10.1 Å². The zero-order valence-corrected chi connectivity index (χ0v) is 17.2. The summed E-state index contributed by atoms with van der Waals surface area (Å²) in [4.78, 5) is 17.1. The number of pyridine rings is 1. The molecule has 156 valence electrons. The van der Waals surface area contributed by atoms with E-state index in [4.69, 9.17) is 4.74 Å². The summed E-state index contributed by atoms with van der Waals surface area (Å²) in [5.74, 6) is 0.353. The SMILES string of the molecule is Cc1ccc(C(NC(=O)C(C)Oc2ccc(-n3cnnn3)cc2)c2cccnc2)cc1. The quantitative estimate of drug-likeness (QED) is 0.499. The lowest BCUT2D eigenvalue weighted by molar-refractivity contribution is -0.127. The molecule has 0 saturated heterocycles. The molecule has 2 heterocycles.